The Morgan fingerprint density at radius 1 is 0.969 bits per heavy atom. The molecule has 1 saturated carbocycles. The van der Waals surface area contributed by atoms with Crippen molar-refractivity contribution >= 4 is 23.2 Å². The van der Waals surface area contributed by atoms with E-state index >= 15 is 0 Å². The van der Waals surface area contributed by atoms with Crippen molar-refractivity contribution in [2.45, 2.75) is 44.6 Å². The quantitative estimate of drug-likeness (QED) is 0.721. The fourth-order valence-electron chi connectivity index (χ4n) is 4.88. The van der Waals surface area contributed by atoms with E-state index in [-0.39, 0.29) is 0 Å². The zero-order valence-electron chi connectivity index (χ0n) is 18.8. The lowest BCUT2D eigenvalue weighted by Crippen LogP contribution is -2.49. The Kier molecular flexibility index (Phi) is 6.41. The summed E-state index contributed by atoms with van der Waals surface area (Å²) in [7, 11) is 0. The van der Waals surface area contributed by atoms with Gasteiger partial charge in [-0.25, -0.2) is 9.97 Å². The molecule has 7 heteroatoms. The zero-order chi connectivity index (χ0) is 21.8. The molecule has 0 spiro atoms. The highest BCUT2D eigenvalue weighted by atomic mass is 16.2. The van der Waals surface area contributed by atoms with Crippen molar-refractivity contribution in [1.29, 1.82) is 0 Å². The van der Waals surface area contributed by atoms with E-state index in [1.165, 1.54) is 24.9 Å². The largest absolute Gasteiger partial charge is 0.368 e. The van der Waals surface area contributed by atoms with Gasteiger partial charge in [-0.05, 0) is 50.2 Å². The van der Waals surface area contributed by atoms with Crippen LogP contribution in [0.5, 0.6) is 0 Å². The van der Waals surface area contributed by atoms with Crippen molar-refractivity contribution in [2.75, 3.05) is 54.4 Å². The molecule has 1 aromatic carbocycles. The Labute approximate surface area is 190 Å². The van der Waals surface area contributed by atoms with Crippen molar-refractivity contribution in [3.05, 3.63) is 42.7 Å². The van der Waals surface area contributed by atoms with Crippen LogP contribution in [-0.4, -0.2) is 66.1 Å². The average molecular weight is 435 g/mol. The minimum atomic E-state index is 0.313. The lowest BCUT2D eigenvalue weighted by Gasteiger charge is -2.37. The lowest BCUT2D eigenvalue weighted by molar-refractivity contribution is -0.131. The summed E-state index contributed by atoms with van der Waals surface area (Å²) in [6.07, 6.45) is 8.12. The van der Waals surface area contributed by atoms with Crippen molar-refractivity contribution in [3.63, 3.8) is 0 Å². The van der Waals surface area contributed by atoms with Gasteiger partial charge in [0.2, 0.25) is 5.91 Å². The predicted molar refractivity (Wildman–Crippen MR) is 128 cm³/mol. The number of amides is 1. The predicted octanol–water partition coefficient (Wildman–Crippen LogP) is 3.40. The molecule has 1 N–H and O–H groups in total. The molecule has 3 heterocycles. The maximum Gasteiger partial charge on any atom is 0.222 e. The molecule has 1 aromatic heterocycles. The summed E-state index contributed by atoms with van der Waals surface area (Å²) in [5.41, 5.74) is 1.25. The van der Waals surface area contributed by atoms with Crippen LogP contribution in [0, 0.1) is 5.92 Å². The Morgan fingerprint density at radius 2 is 1.78 bits per heavy atom. The molecule has 0 bridgehead atoms. The van der Waals surface area contributed by atoms with Gasteiger partial charge in [-0.2, -0.15) is 0 Å². The Hall–Kier alpha value is -2.83. The molecule has 5 rings (SSSR count). The fraction of sp³-hybridized carbons (Fsp3) is 0.560. The molecule has 0 radical (unpaired) electrons. The number of piperidine rings is 1. The van der Waals surface area contributed by atoms with E-state index in [1.54, 1.807) is 6.33 Å². The van der Waals surface area contributed by atoms with Crippen molar-refractivity contribution in [3.8, 4) is 0 Å². The van der Waals surface area contributed by atoms with Gasteiger partial charge in [-0.1, -0.05) is 18.2 Å². The third-order valence-electron chi connectivity index (χ3n) is 6.95. The van der Waals surface area contributed by atoms with E-state index < -0.39 is 0 Å². The molecule has 3 aliphatic rings. The highest BCUT2D eigenvalue weighted by Crippen LogP contribution is 2.28. The number of hydrogen-bond donors (Lipinski definition) is 1. The van der Waals surface area contributed by atoms with Gasteiger partial charge >= 0.3 is 0 Å². The summed E-state index contributed by atoms with van der Waals surface area (Å²) in [6, 6.07) is 13.2. The molecular formula is C25H34N6O. The number of aromatic nitrogens is 2. The van der Waals surface area contributed by atoms with E-state index in [0.717, 1.165) is 63.7 Å². The van der Waals surface area contributed by atoms with Crippen molar-refractivity contribution in [2.24, 2.45) is 5.92 Å². The topological polar surface area (TPSA) is 64.6 Å². The van der Waals surface area contributed by atoms with Crippen LogP contribution in [0.1, 0.15) is 38.5 Å². The molecule has 32 heavy (non-hydrogen) atoms. The molecular weight excluding hydrogens is 400 g/mol. The van der Waals surface area contributed by atoms with Crippen LogP contribution < -0.4 is 15.1 Å². The first kappa shape index (κ1) is 21.0. The number of benzene rings is 1. The number of para-hydroxylation sites is 1. The third kappa shape index (κ3) is 5.31. The third-order valence-corrected chi connectivity index (χ3v) is 6.95. The number of nitrogens with one attached hydrogen (secondary N) is 1. The van der Waals surface area contributed by atoms with Crippen LogP contribution in [0.3, 0.4) is 0 Å². The maximum absolute atomic E-state index is 12.9. The number of hydrogen-bond acceptors (Lipinski definition) is 6. The minimum absolute atomic E-state index is 0.313. The van der Waals surface area contributed by atoms with Gasteiger partial charge in [0, 0.05) is 63.5 Å². The van der Waals surface area contributed by atoms with Gasteiger partial charge in [0.1, 0.15) is 18.0 Å². The Balaban J connectivity index is 1.08. The highest BCUT2D eigenvalue weighted by molar-refractivity contribution is 5.76. The number of anilines is 3. The summed E-state index contributed by atoms with van der Waals surface area (Å²) in [6.45, 7) is 5.49. The molecule has 3 fully saturated rings. The first-order chi connectivity index (χ1) is 15.7. The average Bonchev–Trinajstić information content (AvgIpc) is 3.67. The summed E-state index contributed by atoms with van der Waals surface area (Å²) in [5.74, 6) is 2.81. The standard InChI is InChI=1S/C25H34N6O/c32-25(30-15-13-29(14-16-30)22-6-2-1-3-7-22)11-8-20-5-4-12-31(18-20)24-17-23(26-19-27-24)28-21-9-10-21/h1-3,6-7,17,19-21H,4-5,8-16,18H2,(H,26,27,28). The van der Waals surface area contributed by atoms with Crippen LogP contribution in [0.15, 0.2) is 42.7 Å². The summed E-state index contributed by atoms with van der Waals surface area (Å²) in [4.78, 5) is 28.5. The monoisotopic (exact) mass is 434 g/mol. The van der Waals surface area contributed by atoms with Gasteiger partial charge in [0.05, 0.1) is 0 Å². The van der Waals surface area contributed by atoms with Gasteiger partial charge in [-0.3, -0.25) is 4.79 Å². The van der Waals surface area contributed by atoms with Gasteiger partial charge < -0.3 is 20.0 Å². The first-order valence-corrected chi connectivity index (χ1v) is 12.2. The van der Waals surface area contributed by atoms with Crippen LogP contribution in [0.4, 0.5) is 17.3 Å². The minimum Gasteiger partial charge on any atom is -0.368 e. The normalized spacial score (nSPS) is 21.5. The van der Waals surface area contributed by atoms with Crippen LogP contribution in [-0.2, 0) is 4.79 Å². The lowest BCUT2D eigenvalue weighted by atomic mass is 9.93. The Bertz CT molecular complexity index is 894. The smallest absolute Gasteiger partial charge is 0.222 e. The van der Waals surface area contributed by atoms with E-state index in [0.29, 0.717) is 24.3 Å². The Morgan fingerprint density at radius 3 is 2.56 bits per heavy atom. The molecule has 1 atom stereocenters. The summed E-state index contributed by atoms with van der Waals surface area (Å²) in [5, 5.41) is 3.47. The van der Waals surface area contributed by atoms with Gasteiger partial charge in [-0.15, -0.1) is 0 Å². The zero-order valence-corrected chi connectivity index (χ0v) is 18.8. The molecule has 7 nitrogen and oxygen atoms in total. The van der Waals surface area contributed by atoms with E-state index in [9.17, 15) is 4.79 Å². The summed E-state index contributed by atoms with van der Waals surface area (Å²) < 4.78 is 0. The van der Waals surface area contributed by atoms with Crippen LogP contribution in [0.25, 0.3) is 0 Å². The fourth-order valence-corrected chi connectivity index (χ4v) is 4.88. The maximum atomic E-state index is 12.9. The van der Waals surface area contributed by atoms with Gasteiger partial charge in [0.25, 0.3) is 0 Å². The van der Waals surface area contributed by atoms with E-state index in [2.05, 4.69) is 60.3 Å². The second kappa shape index (κ2) is 9.76. The number of carbonyl (C=O) groups excluding carboxylic acids is 1. The molecule has 2 aliphatic heterocycles. The van der Waals surface area contributed by atoms with Crippen LogP contribution in [0.2, 0.25) is 0 Å². The highest BCUT2D eigenvalue weighted by Gasteiger charge is 2.26. The number of nitrogens with zero attached hydrogens (tertiary/aromatic N) is 5. The first-order valence-electron chi connectivity index (χ1n) is 12.2. The second-order valence-electron chi connectivity index (χ2n) is 9.38. The summed E-state index contributed by atoms with van der Waals surface area (Å²) >= 11 is 0. The van der Waals surface area contributed by atoms with E-state index in [1.807, 2.05) is 6.07 Å². The number of rotatable bonds is 7. The number of carbonyl (C=O) groups is 1. The number of piperazine rings is 1. The molecule has 2 saturated heterocycles. The molecule has 1 unspecified atom stereocenters. The second-order valence-corrected chi connectivity index (χ2v) is 9.38. The molecule has 1 aliphatic carbocycles. The van der Waals surface area contributed by atoms with Crippen molar-refractivity contribution in [1.82, 2.24) is 14.9 Å². The van der Waals surface area contributed by atoms with Crippen LogP contribution >= 0.6 is 0 Å². The van der Waals surface area contributed by atoms with Crippen molar-refractivity contribution < 1.29 is 4.79 Å². The SMILES string of the molecule is O=C(CCC1CCCN(c2cc(NC3CC3)ncn2)C1)N1CCN(c2ccccc2)CC1. The molecule has 2 aromatic rings. The van der Waals surface area contributed by atoms with E-state index in [4.69, 9.17) is 0 Å². The molecule has 1 amide bonds. The molecule has 170 valence electrons. The van der Waals surface area contributed by atoms with Gasteiger partial charge in [0.15, 0.2) is 0 Å².